The van der Waals surface area contributed by atoms with Crippen molar-refractivity contribution < 1.29 is 14.6 Å². The highest BCUT2D eigenvalue weighted by Crippen LogP contribution is 2.24. The van der Waals surface area contributed by atoms with Crippen LogP contribution in [-0.2, 0) is 16.0 Å². The third-order valence-electron chi connectivity index (χ3n) is 3.42. The van der Waals surface area contributed by atoms with Gasteiger partial charge in [0.05, 0.1) is 12.5 Å². The minimum Gasteiger partial charge on any atom is -0.385 e. The molecule has 2 unspecified atom stereocenters. The molecule has 0 saturated carbocycles. The molecule has 8 heteroatoms. The van der Waals surface area contributed by atoms with Crippen LogP contribution in [0.5, 0.6) is 0 Å². The minimum absolute atomic E-state index is 0.0699. The molecule has 2 rings (SSSR count). The number of ether oxygens (including phenoxy) is 1. The molecule has 1 amide bonds. The predicted molar refractivity (Wildman–Crippen MR) is 69.4 cm³/mol. The number of carbonyl (C=O) groups excluding carboxylic acids is 1. The van der Waals surface area contributed by atoms with Gasteiger partial charge in [-0.3, -0.25) is 14.6 Å². The summed E-state index contributed by atoms with van der Waals surface area (Å²) in [7, 11) is 0. The topological polar surface area (TPSA) is 124 Å². The Balaban J connectivity index is 1.93. The van der Waals surface area contributed by atoms with Gasteiger partial charge in [-0.25, -0.2) is 4.79 Å². The lowest BCUT2D eigenvalue weighted by molar-refractivity contribution is -0.122. The smallest absolute Gasteiger partial charge is 0.325 e. The summed E-state index contributed by atoms with van der Waals surface area (Å²) in [5.41, 5.74) is -2.07. The van der Waals surface area contributed by atoms with Crippen LogP contribution >= 0.6 is 0 Å². The lowest BCUT2D eigenvalue weighted by Crippen LogP contribution is -2.47. The number of carbonyl (C=O) groups is 1. The van der Waals surface area contributed by atoms with Crippen LogP contribution in [0, 0.1) is 0 Å². The van der Waals surface area contributed by atoms with E-state index in [4.69, 9.17) is 4.74 Å². The van der Waals surface area contributed by atoms with Crippen LogP contribution in [0.1, 0.15) is 19.0 Å². The monoisotopic (exact) mass is 283 g/mol. The van der Waals surface area contributed by atoms with Gasteiger partial charge in [0.25, 0.3) is 5.56 Å². The maximum atomic E-state index is 11.7. The van der Waals surface area contributed by atoms with Gasteiger partial charge in [0, 0.05) is 31.3 Å². The zero-order valence-corrected chi connectivity index (χ0v) is 11.1. The molecule has 1 aliphatic rings. The maximum Gasteiger partial charge on any atom is 0.325 e. The molecule has 0 spiro atoms. The van der Waals surface area contributed by atoms with Gasteiger partial charge in [-0.1, -0.05) is 0 Å². The largest absolute Gasteiger partial charge is 0.385 e. The Morgan fingerprint density at radius 1 is 1.55 bits per heavy atom. The van der Waals surface area contributed by atoms with E-state index in [1.807, 2.05) is 4.98 Å². The number of amides is 1. The fourth-order valence-corrected chi connectivity index (χ4v) is 2.10. The number of hydrogen-bond donors (Lipinski definition) is 4. The number of aliphatic hydroxyl groups is 1. The van der Waals surface area contributed by atoms with Gasteiger partial charge in [0.1, 0.15) is 5.60 Å². The summed E-state index contributed by atoms with van der Waals surface area (Å²) in [5, 5.41) is 12.8. The Labute approximate surface area is 114 Å². The molecule has 20 heavy (non-hydrogen) atoms. The summed E-state index contributed by atoms with van der Waals surface area (Å²) in [4.78, 5) is 38.3. The minimum atomic E-state index is -1.07. The van der Waals surface area contributed by atoms with Crippen molar-refractivity contribution in [1.82, 2.24) is 15.3 Å². The lowest BCUT2D eigenvalue weighted by Gasteiger charge is -2.26. The van der Waals surface area contributed by atoms with E-state index in [-0.39, 0.29) is 24.8 Å². The molecule has 0 aromatic carbocycles. The molecule has 2 atom stereocenters. The number of H-pyrrole nitrogens is 2. The van der Waals surface area contributed by atoms with E-state index in [9.17, 15) is 19.5 Å². The van der Waals surface area contributed by atoms with Crippen molar-refractivity contribution in [2.24, 2.45) is 0 Å². The highest BCUT2D eigenvalue weighted by atomic mass is 16.5. The average Bonchev–Trinajstić information content (AvgIpc) is 2.66. The Morgan fingerprint density at radius 3 is 2.90 bits per heavy atom. The average molecular weight is 283 g/mol. The summed E-state index contributed by atoms with van der Waals surface area (Å²) < 4.78 is 5.26. The zero-order chi connectivity index (χ0) is 14.8. The van der Waals surface area contributed by atoms with E-state index in [1.165, 1.54) is 0 Å². The van der Waals surface area contributed by atoms with Crippen LogP contribution in [0.25, 0.3) is 0 Å². The van der Waals surface area contributed by atoms with Crippen molar-refractivity contribution in [3.8, 4) is 0 Å². The predicted octanol–water partition coefficient (Wildman–Crippen LogP) is -1.74. The van der Waals surface area contributed by atoms with Crippen LogP contribution < -0.4 is 16.6 Å². The number of hydrogen-bond acceptors (Lipinski definition) is 5. The third-order valence-corrected chi connectivity index (χ3v) is 3.42. The number of aromatic amines is 2. The lowest BCUT2D eigenvalue weighted by atomic mass is 9.97. The molecule has 4 N–H and O–H groups in total. The first-order valence-corrected chi connectivity index (χ1v) is 6.32. The van der Waals surface area contributed by atoms with E-state index in [1.54, 1.807) is 6.92 Å². The number of nitrogens with one attached hydrogen (secondary N) is 3. The summed E-state index contributed by atoms with van der Waals surface area (Å²) in [5.74, 6) is -0.390. The van der Waals surface area contributed by atoms with Gasteiger partial charge < -0.3 is 20.1 Å². The third kappa shape index (κ3) is 3.34. The van der Waals surface area contributed by atoms with E-state index < -0.39 is 22.8 Å². The van der Waals surface area contributed by atoms with E-state index in [0.717, 1.165) is 6.07 Å². The van der Waals surface area contributed by atoms with Gasteiger partial charge >= 0.3 is 5.69 Å². The van der Waals surface area contributed by atoms with E-state index in [0.29, 0.717) is 13.0 Å². The van der Waals surface area contributed by atoms with Gasteiger partial charge in [-0.2, -0.15) is 0 Å². The van der Waals surface area contributed by atoms with Gasteiger partial charge in [0.2, 0.25) is 5.91 Å². The van der Waals surface area contributed by atoms with Crippen molar-refractivity contribution in [3.63, 3.8) is 0 Å². The highest BCUT2D eigenvalue weighted by molar-refractivity contribution is 5.78. The summed E-state index contributed by atoms with van der Waals surface area (Å²) >= 11 is 0. The summed E-state index contributed by atoms with van der Waals surface area (Å²) in [6.45, 7) is 2.27. The van der Waals surface area contributed by atoms with Crippen molar-refractivity contribution >= 4 is 5.91 Å². The molecule has 8 nitrogen and oxygen atoms in total. The van der Waals surface area contributed by atoms with Gasteiger partial charge in [-0.05, 0) is 6.92 Å². The van der Waals surface area contributed by atoms with Crippen molar-refractivity contribution in [2.75, 3.05) is 13.2 Å². The van der Waals surface area contributed by atoms with Crippen LogP contribution in [0.2, 0.25) is 0 Å². The van der Waals surface area contributed by atoms with E-state index in [2.05, 4.69) is 10.3 Å². The van der Waals surface area contributed by atoms with Crippen LogP contribution in [0.15, 0.2) is 15.7 Å². The molecule has 1 saturated heterocycles. The molecular weight excluding hydrogens is 266 g/mol. The van der Waals surface area contributed by atoms with Crippen LogP contribution in [0.4, 0.5) is 0 Å². The highest BCUT2D eigenvalue weighted by Gasteiger charge is 2.39. The molecule has 1 aromatic heterocycles. The van der Waals surface area contributed by atoms with Gasteiger partial charge in [0.15, 0.2) is 0 Å². The van der Waals surface area contributed by atoms with E-state index >= 15 is 0 Å². The standard InChI is InChI=1S/C12H17N3O5/c1-7-12(19,2-3-20-7)6-13-9(16)4-8-5-10(17)15-11(18)14-8/h5,7,19H,2-4,6H2,1H3,(H,13,16)(H2,14,15,17,18). The first-order chi connectivity index (χ1) is 9.39. The zero-order valence-electron chi connectivity index (χ0n) is 11.1. The fraction of sp³-hybridized carbons (Fsp3) is 0.583. The Kier molecular flexibility index (Phi) is 4.05. The maximum absolute atomic E-state index is 11.7. The summed E-state index contributed by atoms with van der Waals surface area (Å²) in [6, 6.07) is 1.15. The summed E-state index contributed by atoms with van der Waals surface area (Å²) in [6.07, 6.45) is -0.0250. The number of aromatic nitrogens is 2. The molecule has 0 bridgehead atoms. The van der Waals surface area contributed by atoms with Crippen LogP contribution in [-0.4, -0.2) is 45.8 Å². The normalized spacial score (nSPS) is 25.6. The molecule has 2 heterocycles. The molecule has 0 radical (unpaired) electrons. The first kappa shape index (κ1) is 14.5. The van der Waals surface area contributed by atoms with Crippen molar-refractivity contribution in [1.29, 1.82) is 0 Å². The molecule has 1 aliphatic heterocycles. The Hall–Kier alpha value is -1.93. The second-order valence-electron chi connectivity index (χ2n) is 4.93. The van der Waals surface area contributed by atoms with Crippen molar-refractivity contribution in [3.05, 3.63) is 32.6 Å². The van der Waals surface area contributed by atoms with Crippen molar-refractivity contribution in [2.45, 2.75) is 31.5 Å². The second-order valence-corrected chi connectivity index (χ2v) is 4.93. The first-order valence-electron chi connectivity index (χ1n) is 6.32. The molecule has 110 valence electrons. The SMILES string of the molecule is CC1OCCC1(O)CNC(=O)Cc1cc(=O)[nH]c(=O)[nH]1. The quantitative estimate of drug-likeness (QED) is 0.522. The molecule has 1 aromatic rings. The van der Waals surface area contributed by atoms with Crippen LogP contribution in [0.3, 0.4) is 0 Å². The molecule has 1 fully saturated rings. The Bertz CT molecular complexity index is 579. The number of rotatable bonds is 4. The van der Waals surface area contributed by atoms with Gasteiger partial charge in [-0.15, -0.1) is 0 Å². The second kappa shape index (κ2) is 5.59. The fourth-order valence-electron chi connectivity index (χ4n) is 2.10. The molecular formula is C12H17N3O5. The Morgan fingerprint density at radius 2 is 2.30 bits per heavy atom. The molecule has 0 aliphatic carbocycles.